The van der Waals surface area contributed by atoms with E-state index in [-0.39, 0.29) is 22.3 Å². The van der Waals surface area contributed by atoms with Crippen LogP contribution in [0.25, 0.3) is 0 Å². The van der Waals surface area contributed by atoms with Crippen LogP contribution in [0.5, 0.6) is 0 Å². The molecule has 0 saturated carbocycles. The minimum Gasteiger partial charge on any atom is -0.0776 e. The first-order valence-electron chi connectivity index (χ1n) is 10.4. The number of rotatable bonds is 6. The third kappa shape index (κ3) is 10.7. The monoisotopic (exact) mass is 400 g/mol. The summed E-state index contributed by atoms with van der Waals surface area (Å²) >= 11 is 0. The molecule has 168 valence electrons. The van der Waals surface area contributed by atoms with Gasteiger partial charge in [0.25, 0.3) is 0 Å². The Hall–Kier alpha value is -1.56. The summed E-state index contributed by atoms with van der Waals surface area (Å²) in [5.74, 6) is 2.93. The fraction of sp³-hybridized carbons (Fsp3) is 0.586. The lowest BCUT2D eigenvalue weighted by Gasteiger charge is -2.19. The molecule has 2 rings (SSSR count). The standard InChI is InChI=1S/2C13H20.3CH4/c2*1-5-13(10(2)3)12-8-6-7-11(4)9-12;;;/h2*6-10,13H,5H2,1-4H3;3*1H4. The predicted molar refractivity (Wildman–Crippen MR) is 138 cm³/mol. The van der Waals surface area contributed by atoms with Crippen molar-refractivity contribution in [2.45, 2.75) is 102 Å². The third-order valence-electron chi connectivity index (χ3n) is 5.43. The van der Waals surface area contributed by atoms with Crippen molar-refractivity contribution >= 4 is 0 Å². The predicted octanol–water partition coefficient (Wildman–Crippen LogP) is 10.2. The van der Waals surface area contributed by atoms with Gasteiger partial charge in [-0.2, -0.15) is 0 Å². The molecule has 2 aromatic rings. The van der Waals surface area contributed by atoms with Gasteiger partial charge in [-0.1, -0.05) is 123 Å². The molecular formula is C29H52. The molecule has 0 amide bonds. The van der Waals surface area contributed by atoms with Gasteiger partial charge in [0.15, 0.2) is 0 Å². The van der Waals surface area contributed by atoms with Gasteiger partial charge in [0.2, 0.25) is 0 Å². The van der Waals surface area contributed by atoms with Gasteiger partial charge in [-0.05, 0) is 61.5 Å². The molecule has 2 unspecified atom stereocenters. The van der Waals surface area contributed by atoms with Gasteiger partial charge in [-0.15, -0.1) is 0 Å². The first kappa shape index (κ1) is 32.1. The van der Waals surface area contributed by atoms with Crippen LogP contribution in [0.3, 0.4) is 0 Å². The minimum atomic E-state index is 0. The molecule has 0 fully saturated rings. The van der Waals surface area contributed by atoms with Crippen LogP contribution in [-0.4, -0.2) is 0 Å². The van der Waals surface area contributed by atoms with E-state index < -0.39 is 0 Å². The second-order valence-electron chi connectivity index (χ2n) is 8.35. The van der Waals surface area contributed by atoms with Crippen molar-refractivity contribution in [2.24, 2.45) is 11.8 Å². The Bertz CT molecular complexity index is 578. The van der Waals surface area contributed by atoms with Gasteiger partial charge >= 0.3 is 0 Å². The molecule has 0 aliphatic heterocycles. The molecule has 0 aromatic heterocycles. The summed E-state index contributed by atoms with van der Waals surface area (Å²) in [7, 11) is 0. The summed E-state index contributed by atoms with van der Waals surface area (Å²) in [6.07, 6.45) is 2.47. The second kappa shape index (κ2) is 16.3. The van der Waals surface area contributed by atoms with E-state index in [1.54, 1.807) is 0 Å². The summed E-state index contributed by atoms with van der Waals surface area (Å²) in [5, 5.41) is 0. The fourth-order valence-electron chi connectivity index (χ4n) is 3.99. The lowest BCUT2D eigenvalue weighted by atomic mass is 9.86. The Labute approximate surface area is 185 Å². The molecule has 0 nitrogen and oxygen atoms in total. The zero-order chi connectivity index (χ0) is 19.7. The maximum atomic E-state index is 2.31. The average Bonchev–Trinajstić information content (AvgIpc) is 2.56. The summed E-state index contributed by atoms with van der Waals surface area (Å²) < 4.78 is 0. The summed E-state index contributed by atoms with van der Waals surface area (Å²) in [4.78, 5) is 0. The average molecular weight is 401 g/mol. The highest BCUT2D eigenvalue weighted by Crippen LogP contribution is 2.28. The first-order chi connectivity index (χ1) is 12.3. The van der Waals surface area contributed by atoms with Crippen LogP contribution in [0, 0.1) is 25.7 Å². The smallest absolute Gasteiger partial charge is 0.0141 e. The molecule has 0 bridgehead atoms. The first-order valence-corrected chi connectivity index (χ1v) is 10.4. The Balaban J connectivity index is -0.000000422. The Morgan fingerprint density at radius 3 is 1.10 bits per heavy atom. The van der Waals surface area contributed by atoms with Crippen LogP contribution in [0.1, 0.15) is 111 Å². The molecule has 2 aromatic carbocycles. The van der Waals surface area contributed by atoms with Gasteiger partial charge in [-0.3, -0.25) is 0 Å². The third-order valence-corrected chi connectivity index (χ3v) is 5.43. The number of benzene rings is 2. The van der Waals surface area contributed by atoms with Crippen molar-refractivity contribution in [3.8, 4) is 0 Å². The largest absolute Gasteiger partial charge is 0.0776 e. The van der Waals surface area contributed by atoms with Crippen molar-refractivity contribution in [2.75, 3.05) is 0 Å². The summed E-state index contributed by atoms with van der Waals surface area (Å²) in [6.45, 7) is 18.1. The molecule has 0 radical (unpaired) electrons. The molecule has 0 heteroatoms. The highest BCUT2D eigenvalue weighted by molar-refractivity contribution is 5.26. The molecule has 0 heterocycles. The number of hydrogen-bond acceptors (Lipinski definition) is 0. The van der Waals surface area contributed by atoms with Crippen LogP contribution >= 0.6 is 0 Å². The molecule has 0 N–H and O–H groups in total. The fourth-order valence-corrected chi connectivity index (χ4v) is 3.99. The van der Waals surface area contributed by atoms with Crippen LogP contribution in [0.4, 0.5) is 0 Å². The van der Waals surface area contributed by atoms with E-state index in [1.165, 1.54) is 35.1 Å². The van der Waals surface area contributed by atoms with Gasteiger partial charge in [0.1, 0.15) is 0 Å². The van der Waals surface area contributed by atoms with E-state index in [0.29, 0.717) is 0 Å². The lowest BCUT2D eigenvalue weighted by Crippen LogP contribution is -2.05. The number of hydrogen-bond donors (Lipinski definition) is 0. The normalized spacial score (nSPS) is 11.9. The quantitative estimate of drug-likeness (QED) is 0.452. The molecule has 0 saturated heterocycles. The Morgan fingerprint density at radius 1 is 0.586 bits per heavy atom. The molecule has 29 heavy (non-hydrogen) atoms. The van der Waals surface area contributed by atoms with Crippen molar-refractivity contribution < 1.29 is 0 Å². The highest BCUT2D eigenvalue weighted by Gasteiger charge is 2.13. The maximum absolute atomic E-state index is 2.31. The van der Waals surface area contributed by atoms with Gasteiger partial charge < -0.3 is 0 Å². The van der Waals surface area contributed by atoms with Crippen LogP contribution in [0.15, 0.2) is 48.5 Å². The number of aryl methyl sites for hydroxylation is 2. The summed E-state index contributed by atoms with van der Waals surface area (Å²) in [6, 6.07) is 17.8. The van der Waals surface area contributed by atoms with E-state index in [4.69, 9.17) is 0 Å². The molecule has 0 aliphatic carbocycles. The summed E-state index contributed by atoms with van der Waals surface area (Å²) in [5.41, 5.74) is 5.74. The van der Waals surface area contributed by atoms with E-state index in [9.17, 15) is 0 Å². The van der Waals surface area contributed by atoms with E-state index in [1.807, 2.05) is 0 Å². The zero-order valence-electron chi connectivity index (χ0n) is 18.3. The maximum Gasteiger partial charge on any atom is -0.0141 e. The van der Waals surface area contributed by atoms with Gasteiger partial charge in [0, 0.05) is 0 Å². The SMILES string of the molecule is C.C.C.CCC(c1cccc(C)c1)C(C)C.CCC(c1cccc(C)c1)C(C)C. The molecule has 2 atom stereocenters. The van der Waals surface area contributed by atoms with Crippen molar-refractivity contribution in [3.63, 3.8) is 0 Å². The van der Waals surface area contributed by atoms with Crippen LogP contribution in [0.2, 0.25) is 0 Å². The van der Waals surface area contributed by atoms with Crippen molar-refractivity contribution in [1.29, 1.82) is 0 Å². The van der Waals surface area contributed by atoms with Crippen LogP contribution < -0.4 is 0 Å². The topological polar surface area (TPSA) is 0 Å². The minimum absolute atomic E-state index is 0. The molecule has 0 aliphatic rings. The molecular weight excluding hydrogens is 348 g/mol. The second-order valence-corrected chi connectivity index (χ2v) is 8.35. The Kier molecular flexibility index (Phi) is 18.0. The van der Waals surface area contributed by atoms with Gasteiger partial charge in [-0.25, -0.2) is 0 Å². The molecule has 0 spiro atoms. The highest BCUT2D eigenvalue weighted by atomic mass is 14.2. The van der Waals surface area contributed by atoms with Crippen molar-refractivity contribution in [3.05, 3.63) is 70.8 Å². The Morgan fingerprint density at radius 2 is 0.897 bits per heavy atom. The zero-order valence-corrected chi connectivity index (χ0v) is 18.3. The lowest BCUT2D eigenvalue weighted by molar-refractivity contribution is 0.485. The van der Waals surface area contributed by atoms with E-state index >= 15 is 0 Å². The van der Waals surface area contributed by atoms with E-state index in [2.05, 4.69) is 104 Å². The van der Waals surface area contributed by atoms with Crippen LogP contribution in [-0.2, 0) is 0 Å². The van der Waals surface area contributed by atoms with E-state index in [0.717, 1.165) is 23.7 Å². The van der Waals surface area contributed by atoms with Gasteiger partial charge in [0.05, 0.1) is 0 Å². The van der Waals surface area contributed by atoms with Crippen molar-refractivity contribution in [1.82, 2.24) is 0 Å².